The van der Waals surface area contributed by atoms with E-state index in [1.807, 2.05) is 0 Å². The van der Waals surface area contributed by atoms with Crippen LogP contribution in [-0.2, 0) is 19.6 Å². The van der Waals surface area contributed by atoms with Crippen LogP contribution in [0.25, 0.3) is 0 Å². The van der Waals surface area contributed by atoms with Crippen LogP contribution in [0, 0.1) is 0 Å². The Kier molecular flexibility index (Phi) is 6.64. The number of hydrogen-bond donors (Lipinski definition) is 2. The number of benzene rings is 2. The normalized spacial score (nSPS) is 18.5. The van der Waals surface area contributed by atoms with Crippen LogP contribution in [0.5, 0.6) is 5.75 Å². The third-order valence-corrected chi connectivity index (χ3v) is 6.81. The first-order valence-electron chi connectivity index (χ1n) is 10.9. The van der Waals surface area contributed by atoms with Gasteiger partial charge in [-0.25, -0.2) is 8.42 Å². The van der Waals surface area contributed by atoms with Crippen molar-refractivity contribution in [3.63, 3.8) is 0 Å². The maximum atomic E-state index is 12.8. The molecule has 2 heterocycles. The molecule has 1 atom stereocenters. The molecule has 4 rings (SSSR count). The zero-order chi connectivity index (χ0) is 23.4. The van der Waals surface area contributed by atoms with Crippen molar-refractivity contribution in [1.82, 2.24) is 4.72 Å². The number of rotatable bonds is 5. The summed E-state index contributed by atoms with van der Waals surface area (Å²) in [5.41, 5.74) is 0.827. The Morgan fingerprint density at radius 2 is 1.97 bits per heavy atom. The Morgan fingerprint density at radius 1 is 1.15 bits per heavy atom. The first kappa shape index (κ1) is 22.8. The third-order valence-electron chi connectivity index (χ3n) is 5.43. The Balaban J connectivity index is 1.47. The average Bonchev–Trinajstić information content (AvgIpc) is 3.05. The molecule has 0 fully saturated rings. The van der Waals surface area contributed by atoms with Gasteiger partial charge in [0.1, 0.15) is 18.1 Å². The second-order valence-corrected chi connectivity index (χ2v) is 9.66. The van der Waals surface area contributed by atoms with Gasteiger partial charge in [0.25, 0.3) is 15.9 Å². The lowest BCUT2D eigenvalue weighted by Gasteiger charge is -2.32. The quantitative estimate of drug-likeness (QED) is 0.697. The smallest absolute Gasteiger partial charge is 0.268 e. The van der Waals surface area contributed by atoms with E-state index < -0.39 is 22.0 Å². The number of amides is 2. The highest BCUT2D eigenvalue weighted by molar-refractivity contribution is 7.90. The second kappa shape index (κ2) is 9.62. The molecular formula is C23H26N4O5S. The predicted molar refractivity (Wildman–Crippen MR) is 125 cm³/mol. The molecule has 0 bridgehead atoms. The summed E-state index contributed by atoms with van der Waals surface area (Å²) >= 11 is 0. The van der Waals surface area contributed by atoms with Gasteiger partial charge >= 0.3 is 0 Å². The molecule has 2 aromatic rings. The van der Waals surface area contributed by atoms with Crippen LogP contribution >= 0.6 is 0 Å². The zero-order valence-electron chi connectivity index (χ0n) is 18.3. The van der Waals surface area contributed by atoms with Crippen molar-refractivity contribution in [3.05, 3.63) is 48.5 Å². The lowest BCUT2D eigenvalue weighted by atomic mass is 10.2. The topological polar surface area (TPSA) is 117 Å². The van der Waals surface area contributed by atoms with Crippen molar-refractivity contribution < 1.29 is 22.7 Å². The van der Waals surface area contributed by atoms with Crippen molar-refractivity contribution in [1.29, 1.82) is 0 Å². The highest BCUT2D eigenvalue weighted by Crippen LogP contribution is 2.33. The van der Waals surface area contributed by atoms with Crippen LogP contribution < -0.4 is 19.7 Å². The number of para-hydroxylation sites is 2. The summed E-state index contributed by atoms with van der Waals surface area (Å²) in [7, 11) is -3.83. The molecule has 0 saturated heterocycles. The number of sulfonamides is 1. The highest BCUT2D eigenvalue weighted by Gasteiger charge is 2.32. The Morgan fingerprint density at radius 3 is 2.82 bits per heavy atom. The predicted octanol–water partition coefficient (Wildman–Crippen LogP) is 2.69. The van der Waals surface area contributed by atoms with Crippen molar-refractivity contribution >= 4 is 39.0 Å². The van der Waals surface area contributed by atoms with E-state index in [9.17, 15) is 18.0 Å². The molecule has 33 heavy (non-hydrogen) atoms. The number of aliphatic imine (C=N–C) groups is 1. The lowest BCUT2D eigenvalue weighted by molar-refractivity contribution is -0.127. The van der Waals surface area contributed by atoms with E-state index in [1.54, 1.807) is 43.3 Å². The highest BCUT2D eigenvalue weighted by atomic mass is 32.2. The van der Waals surface area contributed by atoms with Gasteiger partial charge in [0, 0.05) is 18.7 Å². The van der Waals surface area contributed by atoms with Crippen LogP contribution in [0.1, 0.15) is 32.6 Å². The number of nitrogens with zero attached hydrogens (tertiary/aromatic N) is 2. The average molecular weight is 471 g/mol. The maximum absolute atomic E-state index is 12.8. The third kappa shape index (κ3) is 5.33. The molecular weight excluding hydrogens is 444 g/mol. The van der Waals surface area contributed by atoms with Gasteiger partial charge in [0.05, 0.1) is 10.6 Å². The van der Waals surface area contributed by atoms with Gasteiger partial charge in [-0.1, -0.05) is 24.6 Å². The largest absolute Gasteiger partial charge is 0.479 e. The van der Waals surface area contributed by atoms with E-state index in [1.165, 1.54) is 17.0 Å². The molecule has 0 spiro atoms. The van der Waals surface area contributed by atoms with E-state index in [-0.39, 0.29) is 17.3 Å². The summed E-state index contributed by atoms with van der Waals surface area (Å²) in [5.74, 6) is 0.204. The number of anilines is 2. The number of carbonyl (C=O) groups is 2. The zero-order valence-corrected chi connectivity index (χ0v) is 19.1. The fraction of sp³-hybridized carbons (Fsp3) is 0.348. The summed E-state index contributed by atoms with van der Waals surface area (Å²) in [6, 6.07) is 13.0. The van der Waals surface area contributed by atoms with Gasteiger partial charge < -0.3 is 10.1 Å². The minimum absolute atomic E-state index is 0.0219. The van der Waals surface area contributed by atoms with E-state index in [2.05, 4.69) is 15.0 Å². The fourth-order valence-electron chi connectivity index (χ4n) is 3.78. The minimum Gasteiger partial charge on any atom is -0.479 e. The number of hydrogen-bond acceptors (Lipinski definition) is 6. The Hall–Kier alpha value is -3.40. The molecule has 10 heteroatoms. The number of carbonyl (C=O) groups excluding carboxylic acids is 2. The van der Waals surface area contributed by atoms with Crippen LogP contribution in [0.15, 0.2) is 58.4 Å². The number of amidine groups is 1. The monoisotopic (exact) mass is 470 g/mol. The molecule has 1 unspecified atom stereocenters. The molecule has 0 aliphatic carbocycles. The maximum Gasteiger partial charge on any atom is 0.268 e. The number of nitrogens with one attached hydrogen (secondary N) is 2. The summed E-state index contributed by atoms with van der Waals surface area (Å²) in [6.07, 6.45) is 2.73. The van der Waals surface area contributed by atoms with E-state index in [0.717, 1.165) is 19.3 Å². The van der Waals surface area contributed by atoms with E-state index in [0.29, 0.717) is 35.9 Å². The minimum atomic E-state index is -3.83. The van der Waals surface area contributed by atoms with Crippen molar-refractivity contribution in [2.45, 2.75) is 43.6 Å². The summed E-state index contributed by atoms with van der Waals surface area (Å²) in [6.45, 7) is 2.01. The molecule has 0 saturated carbocycles. The summed E-state index contributed by atoms with van der Waals surface area (Å²) < 4.78 is 33.8. The number of fused-ring (bicyclic) bond motifs is 1. The van der Waals surface area contributed by atoms with Crippen molar-refractivity contribution in [2.24, 2.45) is 4.99 Å². The molecule has 2 aliphatic rings. The molecule has 174 valence electrons. The van der Waals surface area contributed by atoms with Gasteiger partial charge in [-0.3, -0.25) is 24.2 Å². The van der Waals surface area contributed by atoms with Gasteiger partial charge in [-0.15, -0.1) is 0 Å². The fourth-order valence-corrected chi connectivity index (χ4v) is 4.91. The molecule has 2 amide bonds. The summed E-state index contributed by atoms with van der Waals surface area (Å²) in [4.78, 5) is 31.0. The Bertz CT molecular complexity index is 1190. The molecule has 9 nitrogen and oxygen atoms in total. The van der Waals surface area contributed by atoms with Gasteiger partial charge in [-0.2, -0.15) is 0 Å². The van der Waals surface area contributed by atoms with Crippen LogP contribution in [0.4, 0.5) is 11.4 Å². The van der Waals surface area contributed by atoms with Crippen molar-refractivity contribution in [2.75, 3.05) is 23.3 Å². The standard InChI is InChI=1S/C23H26N4O5S/c1-16-23(29)27(19-10-4-5-11-20(19)32-16)15-22(28)25-17-8-7-9-18(14-17)33(30,31)26-21-12-3-2-6-13-24-21/h4-5,7-11,14,16H,2-3,6,12-13,15H2,1H3,(H,24,26)(H,25,28). The van der Waals surface area contributed by atoms with Gasteiger partial charge in [-0.05, 0) is 50.1 Å². The molecule has 2 aliphatic heterocycles. The van der Waals surface area contributed by atoms with Crippen LogP contribution in [0.2, 0.25) is 0 Å². The van der Waals surface area contributed by atoms with Crippen molar-refractivity contribution in [3.8, 4) is 5.75 Å². The molecule has 0 radical (unpaired) electrons. The van der Waals surface area contributed by atoms with E-state index in [4.69, 9.17) is 4.74 Å². The van der Waals surface area contributed by atoms with Crippen LogP contribution in [0.3, 0.4) is 0 Å². The molecule has 2 aromatic carbocycles. The number of ether oxygens (including phenoxy) is 1. The van der Waals surface area contributed by atoms with Crippen LogP contribution in [-0.4, -0.2) is 45.3 Å². The van der Waals surface area contributed by atoms with Gasteiger partial charge in [0.15, 0.2) is 6.10 Å². The first-order valence-corrected chi connectivity index (χ1v) is 12.3. The van der Waals surface area contributed by atoms with Gasteiger partial charge in [0.2, 0.25) is 5.91 Å². The molecule has 0 aromatic heterocycles. The summed E-state index contributed by atoms with van der Waals surface area (Å²) in [5, 5.41) is 2.69. The first-order chi connectivity index (χ1) is 15.8. The van der Waals surface area contributed by atoms with E-state index >= 15 is 0 Å². The molecule has 2 N–H and O–H groups in total. The Labute approximate surface area is 192 Å². The SMILES string of the molecule is CC1Oc2ccccc2N(CC(=O)Nc2cccc(S(=O)(=O)NC3=NCCCCC3)c2)C1=O. The second-order valence-electron chi connectivity index (χ2n) is 7.97. The lowest BCUT2D eigenvalue weighted by Crippen LogP contribution is -2.47.